The summed E-state index contributed by atoms with van der Waals surface area (Å²) in [7, 11) is 2.92. The predicted octanol–water partition coefficient (Wildman–Crippen LogP) is 2.03. The second-order valence-electron chi connectivity index (χ2n) is 9.89. The number of fused-ring (bicyclic) bond motifs is 2. The van der Waals surface area contributed by atoms with Crippen LogP contribution in [0.15, 0.2) is 35.9 Å². The van der Waals surface area contributed by atoms with Crippen LogP contribution < -0.4 is 15.5 Å². The van der Waals surface area contributed by atoms with Crippen LogP contribution in [-0.2, 0) is 4.79 Å². The summed E-state index contributed by atoms with van der Waals surface area (Å²) in [6, 6.07) is -0.536. The van der Waals surface area contributed by atoms with Gasteiger partial charge in [0.05, 0.1) is 23.7 Å². The molecule has 1 aromatic heterocycles. The van der Waals surface area contributed by atoms with Gasteiger partial charge in [-0.05, 0) is 37.7 Å². The number of hydrogen-bond acceptors (Lipinski definition) is 7. The van der Waals surface area contributed by atoms with Crippen molar-refractivity contribution in [2.75, 3.05) is 30.9 Å². The summed E-state index contributed by atoms with van der Waals surface area (Å²) < 4.78 is 39.5. The Labute approximate surface area is 205 Å². The number of anilines is 2. The third-order valence-electron chi connectivity index (χ3n) is 7.35. The van der Waals surface area contributed by atoms with Crippen molar-refractivity contribution < 1.29 is 27.9 Å². The van der Waals surface area contributed by atoms with E-state index in [1.54, 1.807) is 19.4 Å². The van der Waals surface area contributed by atoms with Crippen molar-refractivity contribution in [1.82, 2.24) is 25.1 Å². The second-order valence-corrected chi connectivity index (χ2v) is 9.89. The number of piperidine rings is 1. The number of hydrogen-bond donors (Lipinski definition) is 3. The molecule has 10 nitrogen and oxygen atoms in total. The Balaban J connectivity index is 1.19. The highest BCUT2D eigenvalue weighted by molar-refractivity contribution is 5.93. The van der Waals surface area contributed by atoms with Crippen LogP contribution in [0.1, 0.15) is 25.7 Å². The van der Waals surface area contributed by atoms with E-state index in [4.69, 9.17) is 0 Å². The van der Waals surface area contributed by atoms with Crippen LogP contribution in [0.3, 0.4) is 0 Å². The second kappa shape index (κ2) is 8.95. The summed E-state index contributed by atoms with van der Waals surface area (Å²) in [4.78, 5) is 38.2. The largest absolute Gasteiger partial charge is 0.417 e. The van der Waals surface area contributed by atoms with Crippen LogP contribution in [0.4, 0.5) is 29.6 Å². The molecule has 3 fully saturated rings. The van der Waals surface area contributed by atoms with Gasteiger partial charge in [-0.3, -0.25) is 4.79 Å². The number of nitrogens with zero attached hydrogens (tertiary/aromatic N) is 5. The average Bonchev–Trinajstić information content (AvgIpc) is 3.50. The molecule has 2 aliphatic carbocycles. The van der Waals surface area contributed by atoms with E-state index in [1.165, 1.54) is 11.9 Å². The van der Waals surface area contributed by atoms with Crippen LogP contribution in [-0.4, -0.2) is 81.9 Å². The summed E-state index contributed by atoms with van der Waals surface area (Å²) in [5.41, 5.74) is -1.18. The number of aliphatic hydroxyl groups excluding tert-OH is 1. The first kappa shape index (κ1) is 24.3. The highest BCUT2D eigenvalue weighted by Gasteiger charge is 2.48. The first-order chi connectivity index (χ1) is 17.0. The zero-order chi connectivity index (χ0) is 25.8. The molecule has 4 atom stereocenters. The van der Waals surface area contributed by atoms with Crippen molar-refractivity contribution in [3.63, 3.8) is 0 Å². The van der Waals surface area contributed by atoms with Gasteiger partial charge < -0.3 is 30.4 Å². The third kappa shape index (κ3) is 4.71. The van der Waals surface area contributed by atoms with Gasteiger partial charge in [0.2, 0.25) is 5.91 Å². The number of nitrogens with one attached hydrogen (secondary N) is 2. The average molecular weight is 508 g/mol. The number of likely N-dealkylation sites (N-methyl/N-ethyl adjacent to an activating group) is 1. The minimum atomic E-state index is -4.60. The molecule has 3 amide bonds. The molecule has 3 heterocycles. The zero-order valence-corrected chi connectivity index (χ0v) is 19.9. The first-order valence-electron chi connectivity index (χ1n) is 11.8. The molecule has 13 heteroatoms. The number of aromatic nitrogens is 2. The molecule has 0 aromatic carbocycles. The van der Waals surface area contributed by atoms with Crippen molar-refractivity contribution in [3.05, 3.63) is 35.9 Å². The van der Waals surface area contributed by atoms with Crippen molar-refractivity contribution in [3.8, 4) is 0 Å². The van der Waals surface area contributed by atoms with Gasteiger partial charge in [0.25, 0.3) is 0 Å². The maximum atomic E-state index is 13.2. The van der Waals surface area contributed by atoms with E-state index in [0.717, 1.165) is 36.4 Å². The lowest BCUT2D eigenvalue weighted by molar-refractivity contribution is -0.117. The van der Waals surface area contributed by atoms with Gasteiger partial charge in [-0.15, -0.1) is 0 Å². The number of allylic oxidation sites excluding steroid dienone is 2. The third-order valence-corrected chi connectivity index (χ3v) is 7.35. The minimum Gasteiger partial charge on any atom is -0.368 e. The number of urea groups is 1. The Kier molecular flexibility index (Phi) is 6.05. The molecule has 5 rings (SSSR count). The highest BCUT2D eigenvalue weighted by Crippen LogP contribution is 2.42. The first-order valence-corrected chi connectivity index (χ1v) is 11.8. The lowest BCUT2D eigenvalue weighted by Crippen LogP contribution is -2.51. The van der Waals surface area contributed by atoms with Gasteiger partial charge in [0.1, 0.15) is 5.82 Å². The molecule has 3 N–H and O–H groups in total. The Morgan fingerprint density at radius 1 is 1.17 bits per heavy atom. The number of carbonyl (C=O) groups is 2. The molecule has 0 radical (unpaired) electrons. The standard InChI is InChI=1S/C23H28F3N7O3/c1-31-11-14(23(24,25)26)6-16(21(31)35)29-22(36)32(2)17-7-15-5-13(17)10-33(15)19-9-27-18(8-28-19)30-20(34)12-3-4-12/h6,8-9,11-13,15,17,21,35H,3-5,7,10H2,1-2H3,(H,29,36)(H,27,30,34)/t13-,15-,17+,21?/m1/s1. The predicted molar refractivity (Wildman–Crippen MR) is 123 cm³/mol. The number of alkyl halides is 3. The van der Waals surface area contributed by atoms with E-state index in [0.29, 0.717) is 24.6 Å². The summed E-state index contributed by atoms with van der Waals surface area (Å²) in [6.07, 6.45) is 2.07. The van der Waals surface area contributed by atoms with Gasteiger partial charge in [-0.25, -0.2) is 14.8 Å². The number of amides is 3. The Morgan fingerprint density at radius 3 is 2.50 bits per heavy atom. The van der Waals surface area contributed by atoms with Gasteiger partial charge >= 0.3 is 12.2 Å². The Morgan fingerprint density at radius 2 is 1.92 bits per heavy atom. The molecule has 2 saturated carbocycles. The smallest absolute Gasteiger partial charge is 0.368 e. The molecule has 1 aromatic rings. The monoisotopic (exact) mass is 507 g/mol. The molecule has 1 unspecified atom stereocenters. The Hall–Kier alpha value is -3.35. The maximum Gasteiger partial charge on any atom is 0.417 e. The van der Waals surface area contributed by atoms with Gasteiger partial charge in [0, 0.05) is 44.8 Å². The molecule has 194 valence electrons. The lowest BCUT2D eigenvalue weighted by Gasteiger charge is -2.37. The molecule has 4 aliphatic rings. The van der Waals surface area contributed by atoms with Crippen LogP contribution in [0.2, 0.25) is 0 Å². The van der Waals surface area contributed by atoms with E-state index in [9.17, 15) is 27.9 Å². The minimum absolute atomic E-state index is 0.0322. The fraction of sp³-hybridized carbons (Fsp3) is 0.565. The molecular weight excluding hydrogens is 479 g/mol. The van der Waals surface area contributed by atoms with Crippen molar-refractivity contribution in [2.45, 2.75) is 50.2 Å². The number of carbonyl (C=O) groups excluding carboxylic acids is 2. The van der Waals surface area contributed by atoms with Gasteiger partial charge in [-0.1, -0.05) is 0 Å². The highest BCUT2D eigenvalue weighted by atomic mass is 19.4. The summed E-state index contributed by atoms with van der Waals surface area (Å²) in [5.74, 6) is 1.31. The quantitative estimate of drug-likeness (QED) is 0.559. The molecule has 1 saturated heterocycles. The van der Waals surface area contributed by atoms with Gasteiger partial charge in [-0.2, -0.15) is 13.2 Å². The maximum absolute atomic E-state index is 13.2. The normalized spacial score (nSPS) is 27.5. The topological polar surface area (TPSA) is 114 Å². The summed E-state index contributed by atoms with van der Waals surface area (Å²) >= 11 is 0. The fourth-order valence-corrected chi connectivity index (χ4v) is 5.20. The van der Waals surface area contributed by atoms with E-state index >= 15 is 0 Å². The van der Waals surface area contributed by atoms with E-state index < -0.39 is 24.0 Å². The number of halogens is 3. The SMILES string of the molecule is CN1C=C(C(F)(F)F)C=C(NC(=O)N(C)[C@H]2C[C@H]3C[C@@H]2CN3c2cnc(NC(=O)C3CC3)cn2)C1O. The Bertz CT molecular complexity index is 1100. The molecule has 2 bridgehead atoms. The molecule has 36 heavy (non-hydrogen) atoms. The van der Waals surface area contributed by atoms with Crippen molar-refractivity contribution in [1.29, 1.82) is 0 Å². The van der Waals surface area contributed by atoms with E-state index in [-0.39, 0.29) is 35.5 Å². The van der Waals surface area contributed by atoms with E-state index in [2.05, 4.69) is 25.5 Å². The van der Waals surface area contributed by atoms with Crippen LogP contribution in [0.25, 0.3) is 0 Å². The van der Waals surface area contributed by atoms with Crippen LogP contribution in [0, 0.1) is 11.8 Å². The zero-order valence-electron chi connectivity index (χ0n) is 19.9. The molecule has 2 aliphatic heterocycles. The van der Waals surface area contributed by atoms with E-state index in [1.807, 2.05) is 0 Å². The van der Waals surface area contributed by atoms with Crippen molar-refractivity contribution >= 4 is 23.6 Å². The fourth-order valence-electron chi connectivity index (χ4n) is 5.20. The lowest BCUT2D eigenvalue weighted by atomic mass is 10.0. The van der Waals surface area contributed by atoms with Crippen LogP contribution >= 0.6 is 0 Å². The molecular formula is C23H28F3N7O3. The van der Waals surface area contributed by atoms with Crippen molar-refractivity contribution in [2.24, 2.45) is 11.8 Å². The molecule has 0 spiro atoms. The summed E-state index contributed by atoms with van der Waals surface area (Å²) in [5, 5.41) is 15.5. The van der Waals surface area contributed by atoms with Crippen LogP contribution in [0.5, 0.6) is 0 Å². The van der Waals surface area contributed by atoms with Gasteiger partial charge in [0.15, 0.2) is 12.0 Å². The summed E-state index contributed by atoms with van der Waals surface area (Å²) in [6.45, 7) is 0.657. The number of aliphatic hydroxyl groups is 1. The number of rotatable bonds is 5.